The fourth-order valence-electron chi connectivity index (χ4n) is 4.04. The van der Waals surface area contributed by atoms with Crippen LogP contribution in [0, 0.1) is 6.92 Å². The molecule has 0 aliphatic carbocycles. The first kappa shape index (κ1) is 25.1. The summed E-state index contributed by atoms with van der Waals surface area (Å²) < 4.78 is 0. The molecule has 1 aromatic heterocycles. The molecule has 4 rings (SSSR count). The van der Waals surface area contributed by atoms with Gasteiger partial charge in [-0.05, 0) is 80.1 Å². The molecule has 0 saturated heterocycles. The number of nitrogens with zero attached hydrogens (tertiary/aromatic N) is 4. The minimum atomic E-state index is -0.377. The third-order valence-corrected chi connectivity index (χ3v) is 6.09. The molecule has 0 spiro atoms. The first-order valence-electron chi connectivity index (χ1n) is 12.3. The summed E-state index contributed by atoms with van der Waals surface area (Å²) in [7, 11) is 0. The van der Waals surface area contributed by atoms with E-state index < -0.39 is 0 Å². The number of phenolic OH excluding ortho intramolecular Hbond substituents is 1. The normalized spacial score (nSPS) is 11.1. The van der Waals surface area contributed by atoms with E-state index in [-0.39, 0.29) is 17.2 Å². The van der Waals surface area contributed by atoms with Crippen molar-refractivity contribution in [2.45, 2.75) is 27.2 Å². The fraction of sp³-hybridized carbons (Fsp3) is 0.286. The summed E-state index contributed by atoms with van der Waals surface area (Å²) in [6, 6.07) is 18.2. The number of hydrogen-bond acceptors (Lipinski definition) is 7. The van der Waals surface area contributed by atoms with E-state index in [1.54, 1.807) is 24.3 Å². The number of aromatic hydroxyl groups is 1. The number of phenols is 1. The van der Waals surface area contributed by atoms with Gasteiger partial charge in [0.15, 0.2) is 5.82 Å². The molecule has 0 atom stereocenters. The van der Waals surface area contributed by atoms with Crippen LogP contribution in [0.15, 0.2) is 60.7 Å². The Morgan fingerprint density at radius 1 is 0.944 bits per heavy atom. The third kappa shape index (κ3) is 6.14. The molecule has 0 aliphatic heterocycles. The third-order valence-electron chi connectivity index (χ3n) is 6.09. The zero-order valence-corrected chi connectivity index (χ0v) is 21.0. The van der Waals surface area contributed by atoms with Gasteiger partial charge in [-0.15, -0.1) is 0 Å². The molecule has 0 bridgehead atoms. The summed E-state index contributed by atoms with van der Waals surface area (Å²) in [5.74, 6) is 1.33. The topological polar surface area (TPSA) is 103 Å². The lowest BCUT2D eigenvalue weighted by molar-refractivity contribution is 0.102. The standard InChI is InChI=1S/C28H32N6O2/c1-4-34(5-2)16-8-15-29-28-31-19(3)30-26(33-28)20-11-13-23(14-12-20)32-27(36)24-17-21-9-6-7-10-22(21)18-25(24)35/h6-7,9-14,17-18,35H,4-5,8,15-16H2,1-3H3,(H,32,36)(H,29,30,31,33). The van der Waals surface area contributed by atoms with Crippen LogP contribution in [0.1, 0.15) is 36.5 Å². The van der Waals surface area contributed by atoms with Gasteiger partial charge in [-0.1, -0.05) is 38.1 Å². The van der Waals surface area contributed by atoms with Crippen molar-refractivity contribution in [3.8, 4) is 17.1 Å². The maximum atomic E-state index is 12.8. The molecule has 0 fully saturated rings. The monoisotopic (exact) mass is 484 g/mol. The van der Waals surface area contributed by atoms with E-state index in [1.807, 2.05) is 43.3 Å². The van der Waals surface area contributed by atoms with Crippen LogP contribution in [0.3, 0.4) is 0 Å². The lowest BCUT2D eigenvalue weighted by Crippen LogP contribution is -2.25. The van der Waals surface area contributed by atoms with Gasteiger partial charge in [0.1, 0.15) is 11.6 Å². The number of amides is 1. The van der Waals surface area contributed by atoms with Crippen LogP contribution in [-0.2, 0) is 0 Å². The molecule has 36 heavy (non-hydrogen) atoms. The first-order chi connectivity index (χ1) is 17.5. The summed E-state index contributed by atoms with van der Waals surface area (Å²) in [6.07, 6.45) is 1.00. The van der Waals surface area contributed by atoms with Crippen molar-refractivity contribution in [2.24, 2.45) is 0 Å². The van der Waals surface area contributed by atoms with E-state index in [2.05, 4.69) is 44.3 Å². The van der Waals surface area contributed by atoms with Crippen LogP contribution in [0.25, 0.3) is 22.2 Å². The maximum Gasteiger partial charge on any atom is 0.259 e. The number of carbonyl (C=O) groups excluding carboxylic acids is 1. The fourth-order valence-corrected chi connectivity index (χ4v) is 4.04. The number of fused-ring (bicyclic) bond motifs is 1. The highest BCUT2D eigenvalue weighted by Gasteiger charge is 2.13. The Morgan fingerprint density at radius 2 is 1.64 bits per heavy atom. The Hall–Kier alpha value is -4.04. The number of benzene rings is 3. The van der Waals surface area contributed by atoms with Gasteiger partial charge in [0.25, 0.3) is 5.91 Å². The second-order valence-electron chi connectivity index (χ2n) is 8.59. The molecule has 0 aliphatic rings. The number of hydrogen-bond donors (Lipinski definition) is 3. The van der Waals surface area contributed by atoms with Gasteiger partial charge in [0, 0.05) is 17.8 Å². The Kier molecular flexibility index (Phi) is 8.07. The van der Waals surface area contributed by atoms with E-state index in [0.29, 0.717) is 23.3 Å². The van der Waals surface area contributed by atoms with E-state index in [9.17, 15) is 9.90 Å². The molecule has 8 nitrogen and oxygen atoms in total. The highest BCUT2D eigenvalue weighted by Crippen LogP contribution is 2.26. The van der Waals surface area contributed by atoms with Crippen molar-refractivity contribution < 1.29 is 9.90 Å². The van der Waals surface area contributed by atoms with Crippen LogP contribution in [0.5, 0.6) is 5.75 Å². The Morgan fingerprint density at radius 3 is 2.33 bits per heavy atom. The Bertz CT molecular complexity index is 1340. The van der Waals surface area contributed by atoms with Crippen LogP contribution in [-0.4, -0.2) is 57.0 Å². The van der Waals surface area contributed by atoms with Crippen LogP contribution in [0.2, 0.25) is 0 Å². The molecule has 4 aromatic rings. The van der Waals surface area contributed by atoms with Crippen molar-refractivity contribution in [3.05, 3.63) is 72.1 Å². The zero-order valence-electron chi connectivity index (χ0n) is 21.0. The highest BCUT2D eigenvalue weighted by atomic mass is 16.3. The first-order valence-corrected chi connectivity index (χ1v) is 12.3. The molecular formula is C28H32N6O2. The molecule has 0 radical (unpaired) electrons. The van der Waals surface area contributed by atoms with Gasteiger partial charge in [-0.2, -0.15) is 9.97 Å². The molecule has 0 unspecified atom stereocenters. The molecule has 1 heterocycles. The van der Waals surface area contributed by atoms with E-state index in [1.165, 1.54) is 0 Å². The smallest absolute Gasteiger partial charge is 0.259 e. The van der Waals surface area contributed by atoms with Gasteiger partial charge < -0.3 is 20.6 Å². The van der Waals surface area contributed by atoms with E-state index in [0.717, 1.165) is 48.9 Å². The lowest BCUT2D eigenvalue weighted by Gasteiger charge is -2.17. The number of nitrogens with one attached hydrogen (secondary N) is 2. The molecule has 1 amide bonds. The minimum absolute atomic E-state index is 0.0550. The quantitative estimate of drug-likeness (QED) is 0.269. The number of anilines is 2. The summed E-state index contributed by atoms with van der Waals surface area (Å²) in [4.78, 5) is 28.7. The largest absolute Gasteiger partial charge is 0.507 e. The van der Waals surface area contributed by atoms with Crippen LogP contribution < -0.4 is 10.6 Å². The van der Waals surface area contributed by atoms with Gasteiger partial charge in [-0.3, -0.25) is 4.79 Å². The minimum Gasteiger partial charge on any atom is -0.507 e. The summed E-state index contributed by atoms with van der Waals surface area (Å²) >= 11 is 0. The zero-order chi connectivity index (χ0) is 25.5. The summed E-state index contributed by atoms with van der Waals surface area (Å²) in [6.45, 7) is 10.1. The number of rotatable bonds is 10. The van der Waals surface area contributed by atoms with Crippen LogP contribution >= 0.6 is 0 Å². The lowest BCUT2D eigenvalue weighted by atomic mass is 10.1. The van der Waals surface area contributed by atoms with Crippen molar-refractivity contribution in [1.82, 2.24) is 19.9 Å². The second-order valence-corrected chi connectivity index (χ2v) is 8.59. The van der Waals surface area contributed by atoms with Crippen molar-refractivity contribution >= 4 is 28.3 Å². The average molecular weight is 485 g/mol. The van der Waals surface area contributed by atoms with Crippen molar-refractivity contribution in [1.29, 1.82) is 0 Å². The van der Waals surface area contributed by atoms with Crippen LogP contribution in [0.4, 0.5) is 11.6 Å². The molecule has 3 N–H and O–H groups in total. The van der Waals surface area contributed by atoms with Crippen molar-refractivity contribution in [2.75, 3.05) is 36.8 Å². The number of aromatic nitrogens is 3. The molecule has 3 aromatic carbocycles. The number of aryl methyl sites for hydroxylation is 1. The molecule has 0 saturated carbocycles. The Balaban J connectivity index is 1.42. The Labute approximate surface area is 211 Å². The molecule has 186 valence electrons. The predicted octanol–water partition coefficient (Wildman–Crippen LogP) is 5.10. The maximum absolute atomic E-state index is 12.8. The molecular weight excluding hydrogens is 452 g/mol. The van der Waals surface area contributed by atoms with Gasteiger partial charge >= 0.3 is 0 Å². The van der Waals surface area contributed by atoms with Gasteiger partial charge in [0.2, 0.25) is 5.95 Å². The average Bonchev–Trinajstić information content (AvgIpc) is 2.88. The predicted molar refractivity (Wildman–Crippen MR) is 144 cm³/mol. The highest BCUT2D eigenvalue weighted by molar-refractivity contribution is 6.08. The summed E-state index contributed by atoms with van der Waals surface area (Å²) in [5, 5.41) is 18.3. The summed E-state index contributed by atoms with van der Waals surface area (Å²) in [5.41, 5.74) is 1.65. The number of carbonyl (C=O) groups is 1. The van der Waals surface area contributed by atoms with Gasteiger partial charge in [-0.25, -0.2) is 4.98 Å². The van der Waals surface area contributed by atoms with Gasteiger partial charge in [0.05, 0.1) is 5.56 Å². The second kappa shape index (κ2) is 11.6. The SMILES string of the molecule is CCN(CC)CCCNc1nc(C)nc(-c2ccc(NC(=O)c3cc4ccccc4cc3O)cc2)n1. The van der Waals surface area contributed by atoms with Crippen molar-refractivity contribution in [3.63, 3.8) is 0 Å². The van der Waals surface area contributed by atoms with E-state index in [4.69, 9.17) is 0 Å². The van der Waals surface area contributed by atoms with E-state index >= 15 is 0 Å². The molecule has 8 heteroatoms.